The largest absolute Gasteiger partial charge is 0.468 e. The number of thioether (sulfide) groups is 1. The van der Waals surface area contributed by atoms with Gasteiger partial charge < -0.3 is 4.74 Å². The molecule has 0 aliphatic carbocycles. The molecule has 0 aromatic carbocycles. The number of carbonyl (C=O) groups excluding carboxylic acids is 2. The van der Waals surface area contributed by atoms with Gasteiger partial charge in [0.2, 0.25) is 0 Å². The molecule has 0 atom stereocenters. The van der Waals surface area contributed by atoms with Gasteiger partial charge in [0, 0.05) is 0 Å². The van der Waals surface area contributed by atoms with E-state index >= 15 is 0 Å². The van der Waals surface area contributed by atoms with Gasteiger partial charge in [0.1, 0.15) is 16.0 Å². The molecule has 86 valence electrons. The summed E-state index contributed by atoms with van der Waals surface area (Å²) in [6.45, 7) is 1.66. The van der Waals surface area contributed by atoms with Crippen LogP contribution in [0.2, 0.25) is 5.15 Å². The van der Waals surface area contributed by atoms with Crippen molar-refractivity contribution in [2.45, 2.75) is 11.9 Å². The van der Waals surface area contributed by atoms with E-state index < -0.39 is 5.97 Å². The van der Waals surface area contributed by atoms with Crippen LogP contribution in [0, 0.1) is 6.92 Å². The molecule has 0 saturated heterocycles. The SMILES string of the molecule is COC(=O)CSc1nc(C)nc(Cl)c1C=O. The number of hydrogen-bond acceptors (Lipinski definition) is 6. The number of rotatable bonds is 4. The van der Waals surface area contributed by atoms with E-state index in [1.165, 1.54) is 7.11 Å². The number of esters is 1. The Morgan fingerprint density at radius 1 is 1.56 bits per heavy atom. The topological polar surface area (TPSA) is 69.2 Å². The number of halogens is 1. The van der Waals surface area contributed by atoms with Gasteiger partial charge in [0.05, 0.1) is 18.4 Å². The molecule has 0 bridgehead atoms. The van der Waals surface area contributed by atoms with Gasteiger partial charge in [0.25, 0.3) is 0 Å². The predicted molar refractivity (Wildman–Crippen MR) is 59.9 cm³/mol. The molecule has 0 fully saturated rings. The van der Waals surface area contributed by atoms with E-state index in [1.807, 2.05) is 0 Å². The Morgan fingerprint density at radius 3 is 2.81 bits per heavy atom. The Kier molecular flexibility index (Phi) is 4.70. The first kappa shape index (κ1) is 12.9. The van der Waals surface area contributed by atoms with Gasteiger partial charge >= 0.3 is 5.97 Å². The monoisotopic (exact) mass is 260 g/mol. The zero-order chi connectivity index (χ0) is 12.1. The number of ether oxygens (including phenoxy) is 1. The molecule has 0 N–H and O–H groups in total. The standard InChI is InChI=1S/C9H9ClN2O3S/c1-5-11-8(10)6(3-13)9(12-5)16-4-7(14)15-2/h3H,4H2,1-2H3. The molecule has 0 spiro atoms. The third-order valence-corrected chi connectivity index (χ3v) is 2.90. The van der Waals surface area contributed by atoms with Crippen molar-refractivity contribution in [2.75, 3.05) is 12.9 Å². The summed E-state index contributed by atoms with van der Waals surface area (Å²) in [7, 11) is 1.29. The maximum atomic E-state index is 10.9. The van der Waals surface area contributed by atoms with Crippen LogP contribution in [0.25, 0.3) is 0 Å². The van der Waals surface area contributed by atoms with Crippen LogP contribution >= 0.6 is 23.4 Å². The third-order valence-electron chi connectivity index (χ3n) is 1.65. The van der Waals surface area contributed by atoms with E-state index in [2.05, 4.69) is 14.7 Å². The van der Waals surface area contributed by atoms with Gasteiger partial charge in [-0.15, -0.1) is 0 Å². The number of aldehydes is 1. The van der Waals surface area contributed by atoms with E-state index in [0.29, 0.717) is 17.1 Å². The molecule has 1 heterocycles. The summed E-state index contributed by atoms with van der Waals surface area (Å²) in [4.78, 5) is 29.6. The highest BCUT2D eigenvalue weighted by atomic mass is 35.5. The highest BCUT2D eigenvalue weighted by Crippen LogP contribution is 2.24. The summed E-state index contributed by atoms with van der Waals surface area (Å²) in [5, 5.41) is 0.479. The minimum absolute atomic E-state index is 0.0735. The molecule has 0 aliphatic heterocycles. The molecule has 0 saturated carbocycles. The van der Waals surface area contributed by atoms with Crippen LogP contribution in [-0.2, 0) is 9.53 Å². The van der Waals surface area contributed by atoms with Crippen molar-refractivity contribution in [3.8, 4) is 0 Å². The Balaban J connectivity index is 2.93. The van der Waals surface area contributed by atoms with Gasteiger partial charge in [-0.2, -0.15) is 0 Å². The van der Waals surface area contributed by atoms with E-state index in [0.717, 1.165) is 11.8 Å². The first-order valence-electron chi connectivity index (χ1n) is 4.27. The highest BCUT2D eigenvalue weighted by Gasteiger charge is 2.13. The summed E-state index contributed by atoms with van der Waals surface area (Å²) in [5.41, 5.74) is 0.196. The molecule has 0 aliphatic rings. The molecule has 0 amide bonds. The van der Waals surface area contributed by atoms with Crippen molar-refractivity contribution in [1.29, 1.82) is 0 Å². The average molecular weight is 261 g/mol. The maximum absolute atomic E-state index is 10.9. The summed E-state index contributed by atoms with van der Waals surface area (Å²) in [5.74, 6) is 0.126. The number of methoxy groups -OCH3 is 1. The molecule has 0 unspecified atom stereocenters. The quantitative estimate of drug-likeness (QED) is 0.354. The molecule has 1 aromatic heterocycles. The molecule has 1 rings (SSSR count). The molecular weight excluding hydrogens is 252 g/mol. The molecule has 5 nitrogen and oxygen atoms in total. The lowest BCUT2D eigenvalue weighted by molar-refractivity contribution is -0.137. The number of carbonyl (C=O) groups is 2. The molecule has 16 heavy (non-hydrogen) atoms. The van der Waals surface area contributed by atoms with Gasteiger partial charge in [-0.3, -0.25) is 9.59 Å². The second kappa shape index (κ2) is 5.81. The van der Waals surface area contributed by atoms with Gasteiger partial charge in [-0.25, -0.2) is 9.97 Å². The molecular formula is C9H9ClN2O3S. The fourth-order valence-electron chi connectivity index (χ4n) is 0.918. The minimum atomic E-state index is -0.394. The molecule has 0 radical (unpaired) electrons. The molecule has 1 aromatic rings. The van der Waals surface area contributed by atoms with Crippen LogP contribution in [0.15, 0.2) is 5.03 Å². The van der Waals surface area contributed by atoms with Crippen LogP contribution in [0.4, 0.5) is 0 Å². The van der Waals surface area contributed by atoms with Crippen LogP contribution in [0.1, 0.15) is 16.2 Å². The highest BCUT2D eigenvalue weighted by molar-refractivity contribution is 8.00. The normalized spacial score (nSPS) is 9.94. The van der Waals surface area contributed by atoms with Crippen molar-refractivity contribution in [3.63, 3.8) is 0 Å². The maximum Gasteiger partial charge on any atom is 0.316 e. The molecule has 7 heteroatoms. The zero-order valence-corrected chi connectivity index (χ0v) is 10.3. The van der Waals surface area contributed by atoms with Crippen LogP contribution in [0.5, 0.6) is 0 Å². The van der Waals surface area contributed by atoms with E-state index in [4.69, 9.17) is 11.6 Å². The van der Waals surface area contributed by atoms with E-state index in [1.54, 1.807) is 6.92 Å². The van der Waals surface area contributed by atoms with Gasteiger partial charge in [-0.05, 0) is 6.92 Å². The summed E-state index contributed by atoms with van der Waals surface area (Å²) >= 11 is 6.86. The van der Waals surface area contributed by atoms with Gasteiger partial charge in [-0.1, -0.05) is 23.4 Å². The van der Waals surface area contributed by atoms with Crippen molar-refractivity contribution >= 4 is 35.6 Å². The van der Waals surface area contributed by atoms with Crippen molar-refractivity contribution in [2.24, 2.45) is 0 Å². The van der Waals surface area contributed by atoms with Crippen LogP contribution in [0.3, 0.4) is 0 Å². The van der Waals surface area contributed by atoms with Crippen molar-refractivity contribution in [3.05, 3.63) is 16.5 Å². The predicted octanol–water partition coefficient (Wildman–Crippen LogP) is 1.52. The number of hydrogen-bond donors (Lipinski definition) is 0. The second-order valence-electron chi connectivity index (χ2n) is 2.76. The summed E-state index contributed by atoms with van der Waals surface area (Å²) in [6.07, 6.45) is 0.571. The lowest BCUT2D eigenvalue weighted by Crippen LogP contribution is -2.05. The zero-order valence-electron chi connectivity index (χ0n) is 8.69. The summed E-state index contributed by atoms with van der Waals surface area (Å²) < 4.78 is 4.48. The Morgan fingerprint density at radius 2 is 2.25 bits per heavy atom. The number of aryl methyl sites for hydroxylation is 1. The van der Waals surface area contributed by atoms with Crippen LogP contribution < -0.4 is 0 Å². The smallest absolute Gasteiger partial charge is 0.316 e. The van der Waals surface area contributed by atoms with Crippen LogP contribution in [-0.4, -0.2) is 35.1 Å². The van der Waals surface area contributed by atoms with Gasteiger partial charge in [0.15, 0.2) is 6.29 Å². The second-order valence-corrected chi connectivity index (χ2v) is 4.09. The van der Waals surface area contributed by atoms with E-state index in [9.17, 15) is 9.59 Å². The first-order valence-corrected chi connectivity index (χ1v) is 5.63. The third kappa shape index (κ3) is 3.18. The first-order chi connectivity index (χ1) is 7.58. The van der Waals surface area contributed by atoms with E-state index in [-0.39, 0.29) is 16.5 Å². The number of aromatic nitrogens is 2. The fraction of sp³-hybridized carbons (Fsp3) is 0.333. The fourth-order valence-corrected chi connectivity index (χ4v) is 2.10. The Labute approximate surface area is 102 Å². The average Bonchev–Trinajstić information content (AvgIpc) is 2.25. The summed E-state index contributed by atoms with van der Waals surface area (Å²) in [6, 6.07) is 0. The van der Waals surface area contributed by atoms with Crippen molar-refractivity contribution < 1.29 is 14.3 Å². The van der Waals surface area contributed by atoms with Crippen molar-refractivity contribution in [1.82, 2.24) is 9.97 Å². The lowest BCUT2D eigenvalue weighted by atomic mass is 10.4. The Hall–Kier alpha value is -1.14. The minimum Gasteiger partial charge on any atom is -0.468 e. The lowest BCUT2D eigenvalue weighted by Gasteiger charge is -2.05. The number of nitrogens with zero attached hydrogens (tertiary/aromatic N) is 2. The Bertz CT molecular complexity index is 425.